The molecule has 0 bridgehead atoms. The molecular weight excluding hydrogens is 318 g/mol. The largest absolute Gasteiger partial charge is 0.497 e. The second kappa shape index (κ2) is 9.42. The number of aliphatic imine (C=N–C) groups is 1. The van der Waals surface area contributed by atoms with Gasteiger partial charge in [0.15, 0.2) is 17.5 Å². The molecule has 0 amide bonds. The van der Waals surface area contributed by atoms with Gasteiger partial charge in [0.2, 0.25) is 0 Å². The molecule has 6 nitrogen and oxygen atoms in total. The van der Waals surface area contributed by atoms with Crippen LogP contribution in [-0.4, -0.2) is 34.3 Å². The molecule has 2 aromatic rings. The molecule has 0 radical (unpaired) electrons. The van der Waals surface area contributed by atoms with E-state index >= 15 is 0 Å². The van der Waals surface area contributed by atoms with Crippen molar-refractivity contribution < 1.29 is 14.2 Å². The average molecular weight is 343 g/mol. The summed E-state index contributed by atoms with van der Waals surface area (Å²) in [5, 5.41) is 6.57. The van der Waals surface area contributed by atoms with Crippen LogP contribution in [0.3, 0.4) is 0 Å². The molecule has 0 aromatic heterocycles. The maximum absolute atomic E-state index is 5.45. The van der Waals surface area contributed by atoms with E-state index in [1.807, 2.05) is 42.5 Å². The molecule has 0 heterocycles. The van der Waals surface area contributed by atoms with E-state index < -0.39 is 0 Å². The third-order valence-electron chi connectivity index (χ3n) is 3.75. The maximum Gasteiger partial charge on any atom is 0.191 e. The van der Waals surface area contributed by atoms with E-state index in [0.29, 0.717) is 24.8 Å². The molecule has 0 aliphatic heterocycles. The minimum absolute atomic E-state index is 0.568. The number of guanidine groups is 1. The van der Waals surface area contributed by atoms with Crippen molar-refractivity contribution >= 4 is 5.96 Å². The smallest absolute Gasteiger partial charge is 0.191 e. The molecule has 0 aliphatic carbocycles. The lowest BCUT2D eigenvalue weighted by Crippen LogP contribution is -2.36. The third kappa shape index (κ3) is 5.04. The molecule has 0 atom stereocenters. The molecule has 25 heavy (non-hydrogen) atoms. The molecule has 2 N–H and O–H groups in total. The van der Waals surface area contributed by atoms with Gasteiger partial charge in [-0.25, -0.2) is 0 Å². The molecule has 0 saturated carbocycles. The number of para-hydroxylation sites is 1. The van der Waals surface area contributed by atoms with Gasteiger partial charge in [0.05, 0.1) is 21.3 Å². The summed E-state index contributed by atoms with van der Waals surface area (Å²) in [7, 11) is 6.67. The van der Waals surface area contributed by atoms with E-state index in [1.165, 1.54) is 0 Å². The Hall–Kier alpha value is -2.89. The van der Waals surface area contributed by atoms with Crippen LogP contribution in [0.15, 0.2) is 47.5 Å². The van der Waals surface area contributed by atoms with Crippen molar-refractivity contribution in [2.45, 2.75) is 13.1 Å². The lowest BCUT2D eigenvalue weighted by Gasteiger charge is -2.15. The fraction of sp³-hybridized carbons (Fsp3) is 0.316. The van der Waals surface area contributed by atoms with Crippen molar-refractivity contribution in [2.24, 2.45) is 4.99 Å². The lowest BCUT2D eigenvalue weighted by molar-refractivity contribution is 0.351. The molecule has 0 spiro atoms. The monoisotopic (exact) mass is 343 g/mol. The van der Waals surface area contributed by atoms with Gasteiger partial charge in [-0.2, -0.15) is 0 Å². The van der Waals surface area contributed by atoms with Crippen LogP contribution >= 0.6 is 0 Å². The highest BCUT2D eigenvalue weighted by Crippen LogP contribution is 2.30. The highest BCUT2D eigenvalue weighted by molar-refractivity contribution is 5.79. The zero-order chi connectivity index (χ0) is 18.1. The summed E-state index contributed by atoms with van der Waals surface area (Å²) in [6, 6.07) is 13.7. The normalized spacial score (nSPS) is 11.0. The molecule has 134 valence electrons. The standard InChI is InChI=1S/C19H25N3O3/c1-20-19(21-12-14-7-5-9-16(11-14)23-2)22-13-15-8-6-10-17(24-3)18(15)25-4/h5-11H,12-13H2,1-4H3,(H2,20,21,22). The van der Waals surface area contributed by atoms with Gasteiger partial charge in [-0.1, -0.05) is 24.3 Å². The van der Waals surface area contributed by atoms with Crippen LogP contribution in [0, 0.1) is 0 Å². The Kier molecular flexibility index (Phi) is 6.95. The first-order valence-corrected chi connectivity index (χ1v) is 7.99. The van der Waals surface area contributed by atoms with Gasteiger partial charge in [-0.15, -0.1) is 0 Å². The van der Waals surface area contributed by atoms with Crippen molar-refractivity contribution in [2.75, 3.05) is 28.4 Å². The Balaban J connectivity index is 1.97. The van der Waals surface area contributed by atoms with Crippen molar-refractivity contribution in [3.8, 4) is 17.2 Å². The van der Waals surface area contributed by atoms with Crippen LogP contribution in [0.2, 0.25) is 0 Å². The van der Waals surface area contributed by atoms with Crippen molar-refractivity contribution in [1.29, 1.82) is 0 Å². The number of rotatable bonds is 7. The molecule has 0 saturated heterocycles. The van der Waals surface area contributed by atoms with Crippen molar-refractivity contribution in [3.05, 3.63) is 53.6 Å². The van der Waals surface area contributed by atoms with Crippen LogP contribution in [0.1, 0.15) is 11.1 Å². The Labute approximate surface area is 148 Å². The van der Waals surface area contributed by atoms with Crippen LogP contribution in [0.4, 0.5) is 0 Å². The van der Waals surface area contributed by atoms with Crippen LogP contribution in [0.5, 0.6) is 17.2 Å². The van der Waals surface area contributed by atoms with E-state index in [2.05, 4.69) is 15.6 Å². The first-order chi connectivity index (χ1) is 12.2. The summed E-state index contributed by atoms with van der Waals surface area (Å²) < 4.78 is 16.0. The van der Waals surface area contributed by atoms with Gasteiger partial charge in [0.25, 0.3) is 0 Å². The average Bonchev–Trinajstić information content (AvgIpc) is 2.67. The minimum Gasteiger partial charge on any atom is -0.497 e. The second-order valence-corrected chi connectivity index (χ2v) is 5.28. The van der Waals surface area contributed by atoms with Crippen LogP contribution in [0.25, 0.3) is 0 Å². The number of nitrogens with one attached hydrogen (secondary N) is 2. The van der Waals surface area contributed by atoms with E-state index in [0.717, 1.165) is 22.6 Å². The topological polar surface area (TPSA) is 64.1 Å². The second-order valence-electron chi connectivity index (χ2n) is 5.28. The summed E-state index contributed by atoms with van der Waals surface area (Å²) in [6.45, 7) is 1.21. The lowest BCUT2D eigenvalue weighted by atomic mass is 10.2. The highest BCUT2D eigenvalue weighted by Gasteiger charge is 2.09. The Morgan fingerprint density at radius 1 is 0.920 bits per heavy atom. The quantitative estimate of drug-likeness (QED) is 0.598. The van der Waals surface area contributed by atoms with Crippen molar-refractivity contribution in [3.63, 3.8) is 0 Å². The fourth-order valence-electron chi connectivity index (χ4n) is 2.46. The molecule has 0 fully saturated rings. The van der Waals surface area contributed by atoms with Gasteiger partial charge in [-0.05, 0) is 23.8 Å². The highest BCUT2D eigenvalue weighted by atomic mass is 16.5. The Bertz CT molecular complexity index is 717. The molecule has 0 aliphatic rings. The van der Waals surface area contributed by atoms with Gasteiger partial charge in [0.1, 0.15) is 5.75 Å². The molecule has 2 aromatic carbocycles. The van der Waals surface area contributed by atoms with Gasteiger partial charge < -0.3 is 24.8 Å². The summed E-state index contributed by atoms with van der Waals surface area (Å²) in [5.41, 5.74) is 2.10. The predicted molar refractivity (Wildman–Crippen MR) is 99.6 cm³/mol. The number of hydrogen-bond acceptors (Lipinski definition) is 4. The fourth-order valence-corrected chi connectivity index (χ4v) is 2.46. The number of nitrogens with zero attached hydrogens (tertiary/aromatic N) is 1. The van der Waals surface area contributed by atoms with E-state index in [9.17, 15) is 0 Å². The molecule has 2 rings (SSSR count). The zero-order valence-electron chi connectivity index (χ0n) is 15.1. The van der Waals surface area contributed by atoms with Gasteiger partial charge in [0, 0.05) is 25.7 Å². The van der Waals surface area contributed by atoms with Gasteiger partial charge in [-0.3, -0.25) is 4.99 Å². The predicted octanol–water partition coefficient (Wildman–Crippen LogP) is 2.58. The number of ether oxygens (including phenoxy) is 3. The Morgan fingerprint density at radius 3 is 2.36 bits per heavy atom. The summed E-state index contributed by atoms with van der Waals surface area (Å²) in [4.78, 5) is 4.25. The molecule has 6 heteroatoms. The minimum atomic E-state index is 0.568. The summed E-state index contributed by atoms with van der Waals surface area (Å²) >= 11 is 0. The number of methoxy groups -OCH3 is 3. The molecule has 0 unspecified atom stereocenters. The first-order valence-electron chi connectivity index (χ1n) is 7.99. The summed E-state index contributed by atoms with van der Waals surface area (Å²) in [6.07, 6.45) is 0. The van der Waals surface area contributed by atoms with Crippen molar-refractivity contribution in [1.82, 2.24) is 10.6 Å². The van der Waals surface area contributed by atoms with Crippen LogP contribution < -0.4 is 24.8 Å². The van der Waals surface area contributed by atoms with E-state index in [1.54, 1.807) is 28.4 Å². The number of benzene rings is 2. The van der Waals surface area contributed by atoms with Gasteiger partial charge >= 0.3 is 0 Å². The summed E-state index contributed by atoms with van der Waals surface area (Å²) in [5.74, 6) is 2.97. The molecular formula is C19H25N3O3. The van der Waals surface area contributed by atoms with E-state index in [4.69, 9.17) is 14.2 Å². The first kappa shape index (κ1) is 18.4. The SMILES string of the molecule is CN=C(NCc1cccc(OC)c1)NCc1cccc(OC)c1OC. The maximum atomic E-state index is 5.45. The number of hydrogen-bond donors (Lipinski definition) is 2. The van der Waals surface area contributed by atoms with Crippen LogP contribution in [-0.2, 0) is 13.1 Å². The van der Waals surface area contributed by atoms with E-state index in [-0.39, 0.29) is 0 Å². The zero-order valence-corrected chi connectivity index (χ0v) is 15.1. The Morgan fingerprint density at radius 2 is 1.68 bits per heavy atom. The third-order valence-corrected chi connectivity index (χ3v) is 3.75.